The van der Waals surface area contributed by atoms with Crippen LogP contribution in [0.3, 0.4) is 0 Å². The van der Waals surface area contributed by atoms with Gasteiger partial charge in [0.05, 0.1) is 6.10 Å². The Kier molecular flexibility index (Phi) is 5.88. The highest BCUT2D eigenvalue weighted by Crippen LogP contribution is 2.45. The zero-order valence-corrected chi connectivity index (χ0v) is 14.9. The zero-order valence-electron chi connectivity index (χ0n) is 14.1. The summed E-state index contributed by atoms with van der Waals surface area (Å²) >= 11 is 0. The average molecular weight is 327 g/mol. The van der Waals surface area contributed by atoms with Gasteiger partial charge >= 0.3 is 0 Å². The Hall–Kier alpha value is -1.26. The van der Waals surface area contributed by atoms with Crippen LogP contribution in [0.2, 0.25) is 0 Å². The van der Waals surface area contributed by atoms with Gasteiger partial charge in [0.2, 0.25) is 0 Å². The number of anilines is 1. The zero-order chi connectivity index (χ0) is 15.8. The summed E-state index contributed by atoms with van der Waals surface area (Å²) in [7, 11) is 1.87. The SMILES string of the molecule is CCOC1CC(N(C)C(=O)c2cc(N)ccc2C)C1(C)C.Cl. The van der Waals surface area contributed by atoms with Crippen LogP contribution in [-0.4, -0.2) is 36.6 Å². The molecule has 124 valence electrons. The standard InChI is InChI=1S/C17H26N2O2.ClH/c1-6-21-15-10-14(17(15,3)4)19(5)16(20)13-9-12(18)8-7-11(13)2;/h7-9,14-15H,6,10,18H2,1-5H3;1H. The van der Waals surface area contributed by atoms with E-state index in [-0.39, 0.29) is 35.9 Å². The summed E-state index contributed by atoms with van der Waals surface area (Å²) in [6.45, 7) is 8.99. The lowest BCUT2D eigenvalue weighted by atomic mass is 9.63. The first-order valence-corrected chi connectivity index (χ1v) is 7.54. The van der Waals surface area contributed by atoms with Gasteiger partial charge in [-0.25, -0.2) is 0 Å². The van der Waals surface area contributed by atoms with Crippen molar-refractivity contribution in [2.45, 2.75) is 46.3 Å². The maximum Gasteiger partial charge on any atom is 0.254 e. The van der Waals surface area contributed by atoms with Crippen molar-refractivity contribution in [1.29, 1.82) is 0 Å². The molecule has 4 nitrogen and oxygen atoms in total. The summed E-state index contributed by atoms with van der Waals surface area (Å²) < 4.78 is 5.74. The molecule has 1 fully saturated rings. The molecule has 0 bridgehead atoms. The minimum Gasteiger partial charge on any atom is -0.399 e. The third kappa shape index (κ3) is 3.23. The highest BCUT2D eigenvalue weighted by Gasteiger charge is 2.51. The van der Waals surface area contributed by atoms with E-state index in [1.165, 1.54) is 0 Å². The van der Waals surface area contributed by atoms with Gasteiger partial charge in [-0.05, 0) is 38.0 Å². The van der Waals surface area contributed by atoms with Crippen molar-refractivity contribution in [3.05, 3.63) is 29.3 Å². The summed E-state index contributed by atoms with van der Waals surface area (Å²) in [5, 5.41) is 0. The first-order chi connectivity index (χ1) is 9.78. The lowest BCUT2D eigenvalue weighted by Gasteiger charge is -2.54. The molecule has 1 aromatic carbocycles. The molecule has 2 atom stereocenters. The maximum absolute atomic E-state index is 12.7. The summed E-state index contributed by atoms with van der Waals surface area (Å²) in [5.74, 6) is 0.0350. The van der Waals surface area contributed by atoms with E-state index >= 15 is 0 Å². The molecular formula is C17H27ClN2O2. The second kappa shape index (κ2) is 6.88. The van der Waals surface area contributed by atoms with Crippen LogP contribution in [0, 0.1) is 12.3 Å². The Bertz CT molecular complexity index is 545. The molecule has 1 saturated carbocycles. The van der Waals surface area contributed by atoms with Crippen molar-refractivity contribution < 1.29 is 9.53 Å². The Morgan fingerprint density at radius 2 is 2.09 bits per heavy atom. The number of rotatable bonds is 4. The van der Waals surface area contributed by atoms with Crippen LogP contribution >= 0.6 is 12.4 Å². The van der Waals surface area contributed by atoms with Crippen molar-refractivity contribution in [1.82, 2.24) is 4.90 Å². The number of nitrogens with zero attached hydrogens (tertiary/aromatic N) is 1. The molecule has 2 unspecified atom stereocenters. The fraction of sp³-hybridized carbons (Fsp3) is 0.588. The molecule has 0 aliphatic heterocycles. The Labute approximate surface area is 139 Å². The van der Waals surface area contributed by atoms with Crippen LogP contribution in [0.1, 0.15) is 43.1 Å². The van der Waals surface area contributed by atoms with E-state index in [2.05, 4.69) is 13.8 Å². The highest BCUT2D eigenvalue weighted by atomic mass is 35.5. The predicted molar refractivity (Wildman–Crippen MR) is 92.5 cm³/mol. The summed E-state index contributed by atoms with van der Waals surface area (Å²) in [5.41, 5.74) is 8.06. The number of halogens is 1. The van der Waals surface area contributed by atoms with E-state index in [9.17, 15) is 4.79 Å². The van der Waals surface area contributed by atoms with Gasteiger partial charge in [-0.3, -0.25) is 4.79 Å². The van der Waals surface area contributed by atoms with Gasteiger partial charge in [0.1, 0.15) is 0 Å². The lowest BCUT2D eigenvalue weighted by Crippen LogP contribution is -2.62. The van der Waals surface area contributed by atoms with E-state index in [1.807, 2.05) is 37.9 Å². The van der Waals surface area contributed by atoms with Gasteiger partial charge in [-0.1, -0.05) is 19.9 Å². The number of ether oxygens (including phenoxy) is 1. The first-order valence-electron chi connectivity index (χ1n) is 7.54. The van der Waals surface area contributed by atoms with Crippen LogP contribution < -0.4 is 5.73 Å². The molecule has 0 radical (unpaired) electrons. The summed E-state index contributed by atoms with van der Waals surface area (Å²) in [6.07, 6.45) is 1.12. The van der Waals surface area contributed by atoms with Crippen molar-refractivity contribution in [2.75, 3.05) is 19.4 Å². The topological polar surface area (TPSA) is 55.6 Å². The number of carbonyl (C=O) groups excluding carboxylic acids is 1. The van der Waals surface area contributed by atoms with Gasteiger partial charge in [0, 0.05) is 36.4 Å². The number of hydrogen-bond donors (Lipinski definition) is 1. The largest absolute Gasteiger partial charge is 0.399 e. The Morgan fingerprint density at radius 1 is 1.45 bits per heavy atom. The van der Waals surface area contributed by atoms with E-state index in [4.69, 9.17) is 10.5 Å². The summed E-state index contributed by atoms with van der Waals surface area (Å²) in [6, 6.07) is 5.68. The minimum atomic E-state index is -0.0192. The van der Waals surface area contributed by atoms with Gasteiger partial charge in [-0.15, -0.1) is 12.4 Å². The smallest absolute Gasteiger partial charge is 0.254 e. The Balaban J connectivity index is 0.00000242. The van der Waals surface area contributed by atoms with Gasteiger partial charge in [0.15, 0.2) is 0 Å². The molecule has 22 heavy (non-hydrogen) atoms. The summed E-state index contributed by atoms with van der Waals surface area (Å²) in [4.78, 5) is 14.6. The third-order valence-corrected chi connectivity index (χ3v) is 4.77. The molecule has 0 spiro atoms. The molecule has 1 aliphatic rings. The van der Waals surface area contributed by atoms with E-state index < -0.39 is 0 Å². The first kappa shape index (κ1) is 18.8. The number of benzene rings is 1. The number of aryl methyl sites for hydroxylation is 1. The minimum absolute atomic E-state index is 0. The molecule has 1 amide bonds. The van der Waals surface area contributed by atoms with Crippen molar-refractivity contribution >= 4 is 24.0 Å². The molecule has 0 saturated heterocycles. The van der Waals surface area contributed by atoms with E-state index in [1.54, 1.807) is 6.07 Å². The molecule has 5 heteroatoms. The molecule has 2 rings (SSSR count). The van der Waals surface area contributed by atoms with Crippen LogP contribution in [0.15, 0.2) is 18.2 Å². The number of hydrogen-bond acceptors (Lipinski definition) is 3. The molecule has 0 heterocycles. The van der Waals surface area contributed by atoms with Gasteiger partial charge < -0.3 is 15.4 Å². The van der Waals surface area contributed by atoms with Crippen LogP contribution in [0.25, 0.3) is 0 Å². The normalized spacial score (nSPS) is 22.4. The fourth-order valence-electron chi connectivity index (χ4n) is 3.21. The van der Waals surface area contributed by atoms with Crippen molar-refractivity contribution in [3.8, 4) is 0 Å². The molecule has 1 aliphatic carbocycles. The predicted octanol–water partition coefficient (Wildman–Crippen LogP) is 3.27. The van der Waals surface area contributed by atoms with Crippen molar-refractivity contribution in [3.63, 3.8) is 0 Å². The van der Waals surface area contributed by atoms with Crippen LogP contribution in [0.5, 0.6) is 0 Å². The fourth-order valence-corrected chi connectivity index (χ4v) is 3.21. The number of amides is 1. The van der Waals surface area contributed by atoms with E-state index in [0.29, 0.717) is 17.9 Å². The van der Waals surface area contributed by atoms with Gasteiger partial charge in [-0.2, -0.15) is 0 Å². The lowest BCUT2D eigenvalue weighted by molar-refractivity contribution is -0.136. The second-order valence-electron chi connectivity index (χ2n) is 6.51. The maximum atomic E-state index is 12.7. The molecule has 1 aromatic rings. The highest BCUT2D eigenvalue weighted by molar-refractivity contribution is 5.96. The van der Waals surface area contributed by atoms with Crippen LogP contribution in [-0.2, 0) is 4.74 Å². The Morgan fingerprint density at radius 3 is 2.64 bits per heavy atom. The van der Waals surface area contributed by atoms with Crippen molar-refractivity contribution in [2.24, 2.45) is 5.41 Å². The monoisotopic (exact) mass is 326 g/mol. The molecule has 0 aromatic heterocycles. The second-order valence-corrected chi connectivity index (χ2v) is 6.51. The quantitative estimate of drug-likeness (QED) is 0.864. The van der Waals surface area contributed by atoms with E-state index in [0.717, 1.165) is 12.0 Å². The number of carbonyl (C=O) groups is 1. The number of nitrogen functional groups attached to an aromatic ring is 1. The average Bonchev–Trinajstić information content (AvgIpc) is 2.44. The molecular weight excluding hydrogens is 300 g/mol. The third-order valence-electron chi connectivity index (χ3n) is 4.77. The number of nitrogens with two attached hydrogens (primary N) is 1. The van der Waals surface area contributed by atoms with Crippen LogP contribution in [0.4, 0.5) is 5.69 Å². The van der Waals surface area contributed by atoms with Gasteiger partial charge in [0.25, 0.3) is 5.91 Å². The molecule has 2 N–H and O–H groups in total.